The Morgan fingerprint density at radius 1 is 1.09 bits per heavy atom. The molecule has 2 aromatic carbocycles. The summed E-state index contributed by atoms with van der Waals surface area (Å²) in [6.45, 7) is 14.8. The standard InChI is InChI=1S/C33H45N7O3.CH4/c1-21(2)43-28-13-12-24(17-25(28)18-35)29(41)38-26(19-37-31(42)33(6,7)36)16-22-8-10-23(11-9-22)27-20-40(15-14-34)30(39-27)32(3,4)5;/h8-13,17,20-21,26H,14-16,19,34,36H2,1-7H3,(H,37,42)(H,38,41);1H4/t26-;/m0./s1. The first-order valence-electron chi connectivity index (χ1n) is 14.6. The monoisotopic (exact) mass is 603 g/mol. The van der Waals surface area contributed by atoms with Crippen LogP contribution in [-0.2, 0) is 23.2 Å². The molecule has 6 N–H and O–H groups in total. The molecule has 0 spiro atoms. The fourth-order valence-electron chi connectivity index (χ4n) is 4.56. The quantitative estimate of drug-likeness (QED) is 0.240. The molecule has 2 amide bonds. The summed E-state index contributed by atoms with van der Waals surface area (Å²) in [7, 11) is 0. The van der Waals surface area contributed by atoms with Crippen LogP contribution >= 0.6 is 0 Å². The third-order valence-electron chi connectivity index (χ3n) is 6.70. The van der Waals surface area contributed by atoms with Crippen LogP contribution in [0.5, 0.6) is 5.75 Å². The summed E-state index contributed by atoms with van der Waals surface area (Å²) in [6.07, 6.45) is 2.37. The van der Waals surface area contributed by atoms with Crippen LogP contribution in [0, 0.1) is 11.3 Å². The highest BCUT2D eigenvalue weighted by molar-refractivity contribution is 5.95. The van der Waals surface area contributed by atoms with Crippen molar-refractivity contribution in [2.45, 2.75) is 92.0 Å². The molecule has 0 bridgehead atoms. The summed E-state index contributed by atoms with van der Waals surface area (Å²) < 4.78 is 7.79. The van der Waals surface area contributed by atoms with Gasteiger partial charge in [-0.1, -0.05) is 52.5 Å². The third kappa shape index (κ3) is 9.66. The number of nitrogens with zero attached hydrogens (tertiary/aromatic N) is 3. The number of nitrogens with one attached hydrogen (secondary N) is 2. The van der Waals surface area contributed by atoms with E-state index >= 15 is 0 Å². The highest BCUT2D eigenvalue weighted by Gasteiger charge is 2.25. The van der Waals surface area contributed by atoms with Gasteiger partial charge in [0.05, 0.1) is 28.9 Å². The number of amides is 2. The van der Waals surface area contributed by atoms with E-state index in [1.54, 1.807) is 26.0 Å². The van der Waals surface area contributed by atoms with Crippen molar-refractivity contribution in [1.82, 2.24) is 20.2 Å². The minimum Gasteiger partial charge on any atom is -0.490 e. The second-order valence-corrected chi connectivity index (χ2v) is 12.7. The van der Waals surface area contributed by atoms with Crippen molar-refractivity contribution in [2.75, 3.05) is 13.1 Å². The van der Waals surface area contributed by atoms with E-state index in [4.69, 9.17) is 21.2 Å². The van der Waals surface area contributed by atoms with Gasteiger partial charge < -0.3 is 31.4 Å². The van der Waals surface area contributed by atoms with Crippen molar-refractivity contribution in [3.05, 3.63) is 71.2 Å². The molecule has 0 fully saturated rings. The van der Waals surface area contributed by atoms with Gasteiger partial charge in [-0.2, -0.15) is 5.26 Å². The van der Waals surface area contributed by atoms with E-state index in [2.05, 4.69) is 42.0 Å². The Morgan fingerprint density at radius 3 is 2.30 bits per heavy atom. The number of nitriles is 1. The maximum atomic E-state index is 13.3. The zero-order valence-corrected chi connectivity index (χ0v) is 26.3. The second kappa shape index (κ2) is 15.0. The maximum absolute atomic E-state index is 13.3. The lowest BCUT2D eigenvalue weighted by Crippen LogP contribution is -2.53. The van der Waals surface area contributed by atoms with Gasteiger partial charge in [-0.15, -0.1) is 0 Å². The van der Waals surface area contributed by atoms with Crippen molar-refractivity contribution in [1.29, 1.82) is 5.26 Å². The van der Waals surface area contributed by atoms with E-state index in [1.165, 1.54) is 6.07 Å². The molecular formula is C34H49N7O3. The van der Waals surface area contributed by atoms with Crippen molar-refractivity contribution in [3.63, 3.8) is 0 Å². The molecular weight excluding hydrogens is 554 g/mol. The summed E-state index contributed by atoms with van der Waals surface area (Å²) in [5.41, 5.74) is 14.0. The highest BCUT2D eigenvalue weighted by Crippen LogP contribution is 2.27. The Bertz CT molecular complexity index is 1460. The topological polar surface area (TPSA) is 161 Å². The smallest absolute Gasteiger partial charge is 0.251 e. The molecule has 1 aromatic heterocycles. The van der Waals surface area contributed by atoms with E-state index in [-0.39, 0.29) is 42.9 Å². The van der Waals surface area contributed by atoms with Gasteiger partial charge in [0.2, 0.25) is 5.91 Å². The molecule has 0 saturated heterocycles. The highest BCUT2D eigenvalue weighted by atomic mass is 16.5. The van der Waals surface area contributed by atoms with Crippen LogP contribution in [0.1, 0.15) is 83.2 Å². The second-order valence-electron chi connectivity index (χ2n) is 12.7. The van der Waals surface area contributed by atoms with Gasteiger partial charge in [0.25, 0.3) is 5.91 Å². The third-order valence-corrected chi connectivity index (χ3v) is 6.70. The number of aromatic nitrogens is 2. The molecule has 3 rings (SSSR count). The number of ether oxygens (including phenoxy) is 1. The van der Waals surface area contributed by atoms with Crippen LogP contribution in [0.4, 0.5) is 0 Å². The van der Waals surface area contributed by atoms with E-state index in [1.807, 2.05) is 44.3 Å². The first-order chi connectivity index (χ1) is 20.1. The SMILES string of the molecule is C.CC(C)Oc1ccc(C(=O)N[C@H](CNC(=O)C(C)(C)N)Cc2ccc(-c3cn(CCN)c(C(C)(C)C)n3)cc2)cc1C#N. The van der Waals surface area contributed by atoms with Crippen LogP contribution in [-0.4, -0.2) is 52.1 Å². The molecule has 0 radical (unpaired) electrons. The van der Waals surface area contributed by atoms with E-state index in [0.29, 0.717) is 30.8 Å². The fraction of sp³-hybridized carbons (Fsp3) is 0.471. The number of carbonyl (C=O) groups is 2. The first kappa shape index (κ1) is 36.0. The number of hydrogen-bond acceptors (Lipinski definition) is 7. The van der Waals surface area contributed by atoms with Gasteiger partial charge in [0, 0.05) is 42.4 Å². The van der Waals surface area contributed by atoms with Gasteiger partial charge in [-0.25, -0.2) is 4.98 Å². The number of imidazole rings is 1. The lowest BCUT2D eigenvalue weighted by molar-refractivity contribution is -0.125. The van der Waals surface area contributed by atoms with Gasteiger partial charge in [0.15, 0.2) is 0 Å². The normalized spacial score (nSPS) is 12.2. The Balaban J connectivity index is 0.00000675. The molecule has 3 aromatic rings. The Hall–Kier alpha value is -4.20. The molecule has 0 aliphatic carbocycles. The minimum atomic E-state index is -1.07. The lowest BCUT2D eigenvalue weighted by Gasteiger charge is -2.23. The van der Waals surface area contributed by atoms with Gasteiger partial charge in [-0.3, -0.25) is 9.59 Å². The molecule has 10 heteroatoms. The van der Waals surface area contributed by atoms with Crippen LogP contribution in [0.15, 0.2) is 48.7 Å². The zero-order chi connectivity index (χ0) is 31.9. The molecule has 0 aliphatic heterocycles. The zero-order valence-electron chi connectivity index (χ0n) is 26.3. The number of nitrogens with two attached hydrogens (primary N) is 2. The molecule has 0 unspecified atom stereocenters. The van der Waals surface area contributed by atoms with Gasteiger partial charge >= 0.3 is 0 Å². The molecule has 0 saturated carbocycles. The van der Waals surface area contributed by atoms with Gasteiger partial charge in [-0.05, 0) is 57.9 Å². The van der Waals surface area contributed by atoms with Crippen LogP contribution < -0.4 is 26.8 Å². The summed E-state index contributed by atoms with van der Waals surface area (Å²) in [4.78, 5) is 30.7. The summed E-state index contributed by atoms with van der Waals surface area (Å²) in [5.74, 6) is 0.703. The maximum Gasteiger partial charge on any atom is 0.251 e. The minimum absolute atomic E-state index is 0. The molecule has 10 nitrogen and oxygen atoms in total. The number of benzene rings is 2. The van der Waals surface area contributed by atoms with Crippen LogP contribution in [0.2, 0.25) is 0 Å². The number of carbonyl (C=O) groups excluding carboxylic acids is 2. The van der Waals surface area contributed by atoms with Crippen molar-refractivity contribution in [2.24, 2.45) is 11.5 Å². The predicted molar refractivity (Wildman–Crippen MR) is 175 cm³/mol. The molecule has 238 valence electrons. The predicted octanol–water partition coefficient (Wildman–Crippen LogP) is 4.30. The largest absolute Gasteiger partial charge is 0.490 e. The van der Waals surface area contributed by atoms with E-state index < -0.39 is 11.6 Å². The molecule has 1 heterocycles. The molecule has 0 aliphatic rings. The number of rotatable bonds is 12. The van der Waals surface area contributed by atoms with E-state index in [9.17, 15) is 14.9 Å². The van der Waals surface area contributed by atoms with Crippen molar-refractivity contribution >= 4 is 11.8 Å². The van der Waals surface area contributed by atoms with E-state index in [0.717, 1.165) is 22.6 Å². The lowest BCUT2D eigenvalue weighted by atomic mass is 9.95. The summed E-state index contributed by atoms with van der Waals surface area (Å²) >= 11 is 0. The molecule has 1 atom stereocenters. The van der Waals surface area contributed by atoms with Crippen molar-refractivity contribution < 1.29 is 14.3 Å². The Labute approximate surface area is 262 Å². The van der Waals surface area contributed by atoms with Gasteiger partial charge in [0.1, 0.15) is 17.6 Å². The van der Waals surface area contributed by atoms with Crippen LogP contribution in [0.25, 0.3) is 11.3 Å². The fourth-order valence-corrected chi connectivity index (χ4v) is 4.56. The van der Waals surface area contributed by atoms with Crippen LogP contribution in [0.3, 0.4) is 0 Å². The molecule has 44 heavy (non-hydrogen) atoms. The summed E-state index contributed by atoms with van der Waals surface area (Å²) in [6, 6.07) is 14.4. The average molecular weight is 604 g/mol. The van der Waals surface area contributed by atoms with Crippen molar-refractivity contribution in [3.8, 4) is 23.1 Å². The first-order valence-corrected chi connectivity index (χ1v) is 14.6. The summed E-state index contributed by atoms with van der Waals surface area (Å²) in [5, 5.41) is 15.5. The average Bonchev–Trinajstić information content (AvgIpc) is 3.36. The Kier molecular flexibility index (Phi) is 12.3. The Morgan fingerprint density at radius 2 is 1.75 bits per heavy atom. The number of hydrogen-bond donors (Lipinski definition) is 4.